The van der Waals surface area contributed by atoms with Crippen LogP contribution in [0.15, 0.2) is 18.3 Å². The van der Waals surface area contributed by atoms with Crippen molar-refractivity contribution < 1.29 is 14.3 Å². The molecule has 1 aromatic heterocycles. The molecule has 90 valence electrons. The van der Waals surface area contributed by atoms with Crippen LogP contribution in [0.25, 0.3) is 0 Å². The Morgan fingerprint density at radius 1 is 1.41 bits per heavy atom. The molecule has 2 heterocycles. The Morgan fingerprint density at radius 2 is 2.18 bits per heavy atom. The average Bonchev–Trinajstić information content (AvgIpc) is 2.55. The number of ether oxygens (including phenoxy) is 1. The minimum Gasteiger partial charge on any atom is -0.478 e. The van der Waals surface area contributed by atoms with Crippen LogP contribution < -0.4 is 15.4 Å². The fourth-order valence-electron chi connectivity index (χ4n) is 1.66. The summed E-state index contributed by atoms with van der Waals surface area (Å²) in [5, 5.41) is 4.76. The Bertz CT molecular complexity index is 458. The third-order valence-corrected chi connectivity index (χ3v) is 2.65. The van der Waals surface area contributed by atoms with Gasteiger partial charge < -0.3 is 10.1 Å². The van der Waals surface area contributed by atoms with Crippen molar-refractivity contribution in [2.75, 3.05) is 6.61 Å². The van der Waals surface area contributed by atoms with Gasteiger partial charge in [0.15, 0.2) is 0 Å². The van der Waals surface area contributed by atoms with Gasteiger partial charge in [0.25, 0.3) is 5.91 Å². The van der Waals surface area contributed by atoms with Crippen LogP contribution in [-0.4, -0.2) is 23.5 Å². The van der Waals surface area contributed by atoms with Crippen molar-refractivity contribution in [3.05, 3.63) is 23.9 Å². The largest absolute Gasteiger partial charge is 0.478 e. The Hall–Kier alpha value is -2.11. The maximum atomic E-state index is 11.7. The molecule has 3 amide bonds. The van der Waals surface area contributed by atoms with Crippen molar-refractivity contribution in [3.8, 4) is 5.88 Å². The molecule has 2 rings (SSSR count). The predicted molar refractivity (Wildman–Crippen MR) is 59.4 cm³/mol. The van der Waals surface area contributed by atoms with E-state index in [0.29, 0.717) is 18.1 Å². The maximum absolute atomic E-state index is 11.7. The number of amides is 3. The third-order valence-electron chi connectivity index (χ3n) is 2.65. The minimum atomic E-state index is -1.06. The van der Waals surface area contributed by atoms with Gasteiger partial charge in [0, 0.05) is 17.8 Å². The summed E-state index contributed by atoms with van der Waals surface area (Å²) in [5.74, 6) is 0.109. The quantitative estimate of drug-likeness (QED) is 0.749. The lowest BCUT2D eigenvalue weighted by Crippen LogP contribution is -2.40. The van der Waals surface area contributed by atoms with Crippen molar-refractivity contribution in [1.82, 2.24) is 15.6 Å². The first-order valence-corrected chi connectivity index (χ1v) is 5.29. The lowest BCUT2D eigenvalue weighted by molar-refractivity contribution is -0.123. The highest BCUT2D eigenvalue weighted by atomic mass is 16.5. The van der Waals surface area contributed by atoms with E-state index in [1.54, 1.807) is 19.1 Å². The number of pyridine rings is 1. The smallest absolute Gasteiger partial charge is 0.322 e. The molecule has 1 atom stereocenters. The van der Waals surface area contributed by atoms with Crippen molar-refractivity contribution in [2.45, 2.75) is 19.4 Å². The van der Waals surface area contributed by atoms with E-state index in [1.807, 2.05) is 6.92 Å². The lowest BCUT2D eigenvalue weighted by atomic mass is 9.94. The summed E-state index contributed by atoms with van der Waals surface area (Å²) in [5.41, 5.74) is -0.446. The molecule has 0 radical (unpaired) electrons. The molecule has 0 spiro atoms. The SMILES string of the molecule is CCOc1ccc(C2(C)NC(=O)NC2=O)cn1. The molecule has 6 nitrogen and oxygen atoms in total. The van der Waals surface area contributed by atoms with Gasteiger partial charge in [-0.3, -0.25) is 10.1 Å². The van der Waals surface area contributed by atoms with E-state index in [9.17, 15) is 9.59 Å². The summed E-state index contributed by atoms with van der Waals surface area (Å²) in [4.78, 5) is 26.9. The Kier molecular flexibility index (Phi) is 2.71. The Labute approximate surface area is 98.4 Å². The highest BCUT2D eigenvalue weighted by Gasteiger charge is 2.43. The van der Waals surface area contributed by atoms with Gasteiger partial charge in [-0.2, -0.15) is 0 Å². The van der Waals surface area contributed by atoms with Crippen LogP contribution in [0, 0.1) is 0 Å². The van der Waals surface area contributed by atoms with Crippen molar-refractivity contribution in [1.29, 1.82) is 0 Å². The van der Waals surface area contributed by atoms with E-state index in [4.69, 9.17) is 4.74 Å². The number of nitrogens with zero attached hydrogens (tertiary/aromatic N) is 1. The van der Waals surface area contributed by atoms with Crippen LogP contribution in [0.3, 0.4) is 0 Å². The standard InChI is InChI=1S/C11H13N3O3/c1-3-17-8-5-4-7(6-12-8)11(2)9(15)13-10(16)14-11/h4-6H,3H2,1-2H3,(H2,13,14,15,16). The second-order valence-electron chi connectivity index (χ2n) is 3.85. The second-order valence-corrected chi connectivity index (χ2v) is 3.85. The van der Waals surface area contributed by atoms with Crippen LogP contribution in [0.5, 0.6) is 5.88 Å². The zero-order valence-electron chi connectivity index (χ0n) is 9.61. The summed E-state index contributed by atoms with van der Waals surface area (Å²) >= 11 is 0. The molecule has 1 aromatic rings. The predicted octanol–water partition coefficient (Wildman–Crippen LogP) is 0.535. The van der Waals surface area contributed by atoms with Crippen molar-refractivity contribution >= 4 is 11.9 Å². The Morgan fingerprint density at radius 3 is 2.65 bits per heavy atom. The Balaban J connectivity index is 2.28. The molecule has 1 unspecified atom stereocenters. The lowest BCUT2D eigenvalue weighted by Gasteiger charge is -2.20. The first-order chi connectivity index (χ1) is 8.06. The van der Waals surface area contributed by atoms with Crippen LogP contribution in [0.2, 0.25) is 0 Å². The number of urea groups is 1. The average molecular weight is 235 g/mol. The van der Waals surface area contributed by atoms with Gasteiger partial charge in [-0.15, -0.1) is 0 Å². The summed E-state index contributed by atoms with van der Waals surface area (Å²) in [7, 11) is 0. The summed E-state index contributed by atoms with van der Waals surface area (Å²) in [6.45, 7) is 4.02. The first kappa shape index (κ1) is 11.4. The minimum absolute atomic E-state index is 0.381. The number of hydrogen-bond donors (Lipinski definition) is 2. The van der Waals surface area contributed by atoms with Crippen LogP contribution in [0.1, 0.15) is 19.4 Å². The molecule has 1 aliphatic rings. The van der Waals surface area contributed by atoms with Crippen molar-refractivity contribution in [2.24, 2.45) is 0 Å². The third kappa shape index (κ3) is 1.93. The normalized spacial score (nSPS) is 23.2. The van der Waals surface area contributed by atoms with Gasteiger partial charge in [0.2, 0.25) is 5.88 Å². The van der Waals surface area contributed by atoms with Gasteiger partial charge in [-0.25, -0.2) is 9.78 Å². The molecule has 17 heavy (non-hydrogen) atoms. The molecule has 0 saturated carbocycles. The van der Waals surface area contributed by atoms with Crippen LogP contribution >= 0.6 is 0 Å². The maximum Gasteiger partial charge on any atom is 0.322 e. The van der Waals surface area contributed by atoms with Gasteiger partial charge in [0.05, 0.1) is 6.61 Å². The molecule has 0 aliphatic carbocycles. The van der Waals surface area contributed by atoms with E-state index in [2.05, 4.69) is 15.6 Å². The summed E-state index contributed by atoms with van der Waals surface area (Å²) in [6.07, 6.45) is 1.52. The molecular weight excluding hydrogens is 222 g/mol. The van der Waals surface area contributed by atoms with E-state index < -0.39 is 11.6 Å². The zero-order valence-corrected chi connectivity index (χ0v) is 9.61. The molecule has 0 aromatic carbocycles. The van der Waals surface area contributed by atoms with E-state index in [1.165, 1.54) is 6.20 Å². The number of hydrogen-bond acceptors (Lipinski definition) is 4. The number of aromatic nitrogens is 1. The number of nitrogens with one attached hydrogen (secondary N) is 2. The highest BCUT2D eigenvalue weighted by molar-refractivity contribution is 6.07. The van der Waals surface area contributed by atoms with Crippen molar-refractivity contribution in [3.63, 3.8) is 0 Å². The van der Waals surface area contributed by atoms with Crippen LogP contribution in [-0.2, 0) is 10.3 Å². The fourth-order valence-corrected chi connectivity index (χ4v) is 1.66. The molecule has 1 aliphatic heterocycles. The molecule has 1 saturated heterocycles. The second kappa shape index (κ2) is 4.04. The van der Waals surface area contributed by atoms with Gasteiger partial charge in [-0.05, 0) is 19.9 Å². The van der Waals surface area contributed by atoms with Gasteiger partial charge >= 0.3 is 6.03 Å². The highest BCUT2D eigenvalue weighted by Crippen LogP contribution is 2.24. The topological polar surface area (TPSA) is 80.3 Å². The summed E-state index contributed by atoms with van der Waals surface area (Å²) < 4.78 is 5.21. The fraction of sp³-hybridized carbons (Fsp3) is 0.364. The van der Waals surface area contributed by atoms with E-state index in [0.717, 1.165) is 0 Å². The molecule has 2 N–H and O–H groups in total. The molecule has 6 heteroatoms. The molecule has 1 fully saturated rings. The van der Waals surface area contributed by atoms with E-state index >= 15 is 0 Å². The van der Waals surface area contributed by atoms with Gasteiger partial charge in [0.1, 0.15) is 5.54 Å². The monoisotopic (exact) mass is 235 g/mol. The first-order valence-electron chi connectivity index (χ1n) is 5.29. The number of rotatable bonds is 3. The van der Waals surface area contributed by atoms with Gasteiger partial charge in [-0.1, -0.05) is 0 Å². The zero-order chi connectivity index (χ0) is 12.5. The molecular formula is C11H13N3O3. The number of imide groups is 1. The number of carbonyl (C=O) groups is 2. The van der Waals surface area contributed by atoms with E-state index in [-0.39, 0.29) is 5.91 Å². The summed E-state index contributed by atoms with van der Waals surface area (Å²) in [6, 6.07) is 2.89. The molecule has 0 bridgehead atoms. The number of carbonyl (C=O) groups excluding carboxylic acids is 2. The van der Waals surface area contributed by atoms with Crippen LogP contribution in [0.4, 0.5) is 4.79 Å².